The number of ether oxygens (including phenoxy) is 1. The molecule has 0 saturated carbocycles. The summed E-state index contributed by atoms with van der Waals surface area (Å²) in [6.45, 7) is 2.83. The Balaban J connectivity index is 1.31. The minimum absolute atomic E-state index is 0.0315. The summed E-state index contributed by atoms with van der Waals surface area (Å²) in [5, 5.41) is 7.07. The first-order valence-electron chi connectivity index (χ1n) is 9.90. The van der Waals surface area contributed by atoms with Crippen molar-refractivity contribution in [1.29, 1.82) is 0 Å². The molecule has 0 unspecified atom stereocenters. The highest BCUT2D eigenvalue weighted by atomic mass is 32.1. The number of fused-ring (bicyclic) bond motifs is 1. The van der Waals surface area contributed by atoms with E-state index in [0.29, 0.717) is 24.0 Å². The number of hydrogen-bond donors (Lipinski definition) is 2. The summed E-state index contributed by atoms with van der Waals surface area (Å²) in [6.07, 6.45) is 3.18. The van der Waals surface area contributed by atoms with Gasteiger partial charge in [0.15, 0.2) is 10.9 Å². The number of piperazine rings is 1. The van der Waals surface area contributed by atoms with E-state index in [-0.39, 0.29) is 18.5 Å². The molecule has 3 heterocycles. The summed E-state index contributed by atoms with van der Waals surface area (Å²) in [5.41, 5.74) is 1.89. The number of nitrogens with zero attached hydrogens (tertiary/aromatic N) is 4. The molecule has 2 aromatic heterocycles. The van der Waals surface area contributed by atoms with Gasteiger partial charge < -0.3 is 20.3 Å². The molecule has 2 aromatic carbocycles. The fraction of sp³-hybridized carbons (Fsp3) is 0.182. The first-order valence-corrected chi connectivity index (χ1v) is 10.7. The molecule has 2 N–H and O–H groups in total. The first-order chi connectivity index (χ1) is 15.1. The van der Waals surface area contributed by atoms with Crippen LogP contribution in [0.2, 0.25) is 0 Å². The normalized spacial score (nSPS) is 16.2. The van der Waals surface area contributed by atoms with Gasteiger partial charge in [-0.3, -0.25) is 4.79 Å². The van der Waals surface area contributed by atoms with Crippen LogP contribution in [0.15, 0.2) is 60.9 Å². The molecule has 1 saturated heterocycles. The molecule has 1 aliphatic rings. The van der Waals surface area contributed by atoms with Gasteiger partial charge in [0, 0.05) is 30.7 Å². The molecule has 8 nitrogen and oxygen atoms in total. The minimum atomic E-state index is -0.0411. The number of anilines is 3. The van der Waals surface area contributed by atoms with Crippen molar-refractivity contribution < 1.29 is 9.53 Å². The molecule has 1 fully saturated rings. The van der Waals surface area contributed by atoms with Crippen molar-refractivity contribution in [2.24, 2.45) is 0 Å². The van der Waals surface area contributed by atoms with Crippen LogP contribution in [0.3, 0.4) is 0 Å². The van der Waals surface area contributed by atoms with Gasteiger partial charge in [-0.25, -0.2) is 15.0 Å². The summed E-state index contributed by atoms with van der Waals surface area (Å²) in [7, 11) is 0. The Morgan fingerprint density at radius 3 is 2.74 bits per heavy atom. The maximum atomic E-state index is 11.9. The summed E-state index contributed by atoms with van der Waals surface area (Å²) >= 11 is 1.61. The average molecular weight is 433 g/mol. The lowest BCUT2D eigenvalue weighted by molar-refractivity contribution is -0.121. The van der Waals surface area contributed by atoms with Crippen LogP contribution in [0.25, 0.3) is 10.2 Å². The molecule has 1 amide bonds. The number of thiazole rings is 1. The van der Waals surface area contributed by atoms with Crippen molar-refractivity contribution in [3.05, 3.63) is 60.9 Å². The third kappa shape index (κ3) is 4.26. The maximum Gasteiger partial charge on any atom is 0.263 e. The molecule has 1 atom stereocenters. The Kier molecular flexibility index (Phi) is 5.09. The highest BCUT2D eigenvalue weighted by Gasteiger charge is 2.25. The van der Waals surface area contributed by atoms with Crippen LogP contribution in [0.1, 0.15) is 6.92 Å². The third-order valence-electron chi connectivity index (χ3n) is 4.80. The second kappa shape index (κ2) is 8.19. The third-order valence-corrected chi connectivity index (χ3v) is 5.75. The highest BCUT2D eigenvalue weighted by molar-refractivity contribution is 7.22. The number of rotatable bonds is 5. The number of amides is 1. The molecule has 0 aliphatic carbocycles. The average Bonchev–Trinajstić information content (AvgIpc) is 3.17. The standard InChI is InChI=1S/C22H20N6O2S/c1-14-12-28(13-19(29)25-14)20-21(24-11-10-23-20)30-16-8-6-15(7-9-16)26-22-27-17-4-2-3-5-18(17)31-22/h2-11,14H,12-13H2,1H3,(H,25,29)(H,26,27)/t14-/m1/s1. The van der Waals surface area contributed by atoms with Crippen LogP contribution in [-0.4, -0.2) is 40.0 Å². The zero-order chi connectivity index (χ0) is 21.2. The molecule has 0 spiro atoms. The predicted molar refractivity (Wildman–Crippen MR) is 121 cm³/mol. The first kappa shape index (κ1) is 19.3. The second-order valence-corrected chi connectivity index (χ2v) is 8.30. The Hall–Kier alpha value is -3.72. The van der Waals surface area contributed by atoms with Gasteiger partial charge in [-0.05, 0) is 43.3 Å². The van der Waals surface area contributed by atoms with Gasteiger partial charge >= 0.3 is 0 Å². The zero-order valence-corrected chi connectivity index (χ0v) is 17.6. The van der Waals surface area contributed by atoms with Gasteiger partial charge in [0.2, 0.25) is 5.91 Å². The second-order valence-electron chi connectivity index (χ2n) is 7.27. The zero-order valence-electron chi connectivity index (χ0n) is 16.8. The van der Waals surface area contributed by atoms with Gasteiger partial charge in [-0.1, -0.05) is 23.5 Å². The minimum Gasteiger partial charge on any atom is -0.436 e. The molecule has 31 heavy (non-hydrogen) atoms. The lowest BCUT2D eigenvalue weighted by Crippen LogP contribution is -2.53. The lowest BCUT2D eigenvalue weighted by atomic mass is 10.2. The van der Waals surface area contributed by atoms with E-state index in [0.717, 1.165) is 21.0 Å². The number of para-hydroxylation sites is 1. The van der Waals surface area contributed by atoms with Crippen molar-refractivity contribution in [3.8, 4) is 11.6 Å². The van der Waals surface area contributed by atoms with Gasteiger partial charge in [0.25, 0.3) is 5.88 Å². The van der Waals surface area contributed by atoms with Gasteiger partial charge in [-0.2, -0.15) is 0 Å². The van der Waals surface area contributed by atoms with Crippen LogP contribution >= 0.6 is 11.3 Å². The van der Waals surface area contributed by atoms with E-state index >= 15 is 0 Å². The molecular weight excluding hydrogens is 412 g/mol. The molecule has 1 aliphatic heterocycles. The summed E-state index contributed by atoms with van der Waals surface area (Å²) < 4.78 is 7.14. The number of aromatic nitrogens is 3. The largest absolute Gasteiger partial charge is 0.436 e. The topological polar surface area (TPSA) is 92.3 Å². The van der Waals surface area contributed by atoms with Gasteiger partial charge in [0.05, 0.1) is 16.8 Å². The van der Waals surface area contributed by atoms with Gasteiger partial charge in [0.1, 0.15) is 5.75 Å². The van der Waals surface area contributed by atoms with Crippen molar-refractivity contribution in [2.75, 3.05) is 23.3 Å². The van der Waals surface area contributed by atoms with E-state index in [4.69, 9.17) is 4.74 Å². The summed E-state index contributed by atoms with van der Waals surface area (Å²) in [6, 6.07) is 15.6. The Morgan fingerprint density at radius 2 is 1.94 bits per heavy atom. The molecule has 9 heteroatoms. The number of benzene rings is 2. The van der Waals surface area contributed by atoms with E-state index in [2.05, 4.69) is 31.7 Å². The van der Waals surface area contributed by atoms with Crippen molar-refractivity contribution >= 4 is 44.1 Å². The van der Waals surface area contributed by atoms with Crippen molar-refractivity contribution in [2.45, 2.75) is 13.0 Å². The molecule has 0 radical (unpaired) electrons. The molecule has 4 aromatic rings. The van der Waals surface area contributed by atoms with Gasteiger partial charge in [-0.15, -0.1) is 0 Å². The number of nitrogens with one attached hydrogen (secondary N) is 2. The van der Waals surface area contributed by atoms with Crippen molar-refractivity contribution in [1.82, 2.24) is 20.3 Å². The Morgan fingerprint density at radius 1 is 1.13 bits per heavy atom. The Bertz CT molecular complexity index is 1190. The van der Waals surface area contributed by atoms with E-state index in [1.165, 1.54) is 0 Å². The lowest BCUT2D eigenvalue weighted by Gasteiger charge is -2.32. The fourth-order valence-electron chi connectivity index (χ4n) is 3.47. The Labute approximate surface area is 182 Å². The molecule has 0 bridgehead atoms. The molecule has 156 valence electrons. The van der Waals surface area contributed by atoms with Crippen LogP contribution in [0.4, 0.5) is 16.6 Å². The highest BCUT2D eigenvalue weighted by Crippen LogP contribution is 2.31. The van der Waals surface area contributed by atoms with E-state index in [1.54, 1.807) is 23.7 Å². The van der Waals surface area contributed by atoms with E-state index in [1.807, 2.05) is 54.3 Å². The monoisotopic (exact) mass is 432 g/mol. The van der Waals surface area contributed by atoms with Crippen LogP contribution in [0, 0.1) is 0 Å². The van der Waals surface area contributed by atoms with Crippen molar-refractivity contribution in [3.63, 3.8) is 0 Å². The number of hydrogen-bond acceptors (Lipinski definition) is 8. The van der Waals surface area contributed by atoms with E-state index < -0.39 is 0 Å². The molecule has 5 rings (SSSR count). The summed E-state index contributed by atoms with van der Waals surface area (Å²) in [5.74, 6) is 1.52. The van der Waals surface area contributed by atoms with Crippen LogP contribution in [0.5, 0.6) is 11.6 Å². The maximum absolute atomic E-state index is 11.9. The summed E-state index contributed by atoms with van der Waals surface area (Å²) in [4.78, 5) is 27.1. The quantitative estimate of drug-likeness (QED) is 0.493. The van der Waals surface area contributed by atoms with E-state index in [9.17, 15) is 4.79 Å². The number of carbonyl (C=O) groups is 1. The predicted octanol–water partition coefficient (Wildman–Crippen LogP) is 3.95. The fourth-order valence-corrected chi connectivity index (χ4v) is 4.36. The number of carbonyl (C=O) groups excluding carboxylic acids is 1. The smallest absolute Gasteiger partial charge is 0.263 e. The van der Waals surface area contributed by atoms with Crippen LogP contribution < -0.4 is 20.3 Å². The van der Waals surface area contributed by atoms with Crippen LogP contribution in [-0.2, 0) is 4.79 Å². The molecular formula is C22H20N6O2S. The SMILES string of the molecule is C[C@@H]1CN(c2nccnc2Oc2ccc(Nc3nc4ccccc4s3)cc2)CC(=O)N1.